The summed E-state index contributed by atoms with van der Waals surface area (Å²) in [5.74, 6) is 1.70. The summed E-state index contributed by atoms with van der Waals surface area (Å²) in [6, 6.07) is 1.57. The second-order valence-corrected chi connectivity index (χ2v) is 7.35. The molecule has 2 unspecified atom stereocenters. The summed E-state index contributed by atoms with van der Waals surface area (Å²) in [5.41, 5.74) is 0.739. The highest BCUT2D eigenvalue weighted by Gasteiger charge is 2.18. The fourth-order valence-corrected chi connectivity index (χ4v) is 4.16. The molecule has 1 saturated carbocycles. The molecule has 0 aromatic carbocycles. The van der Waals surface area contributed by atoms with E-state index in [1.54, 1.807) is 6.07 Å². The molecule has 2 heterocycles. The standard InChI is InChI=1S/C16H24N4OS/c1-3-13-10-14(21)20-16(18-13)22-15(19-20)17-8-7-12-6-4-5-11(2)9-12/h10-12H,3-9H2,1-2H3,(H,17,19). The number of aryl methyl sites for hydroxylation is 1. The molecule has 1 fully saturated rings. The Hall–Kier alpha value is -1.43. The lowest BCUT2D eigenvalue weighted by molar-refractivity contribution is 0.274. The smallest absolute Gasteiger partial charge is 0.275 e. The van der Waals surface area contributed by atoms with Gasteiger partial charge in [0, 0.05) is 18.3 Å². The van der Waals surface area contributed by atoms with Crippen molar-refractivity contribution < 1.29 is 0 Å². The molecule has 120 valence electrons. The molecule has 2 aromatic rings. The van der Waals surface area contributed by atoms with Crippen LogP contribution in [-0.4, -0.2) is 21.1 Å². The molecule has 22 heavy (non-hydrogen) atoms. The first-order valence-electron chi connectivity index (χ1n) is 8.29. The van der Waals surface area contributed by atoms with Gasteiger partial charge in [-0.2, -0.15) is 4.52 Å². The molecule has 1 aliphatic carbocycles. The van der Waals surface area contributed by atoms with Crippen LogP contribution < -0.4 is 10.9 Å². The maximum absolute atomic E-state index is 12.0. The fourth-order valence-electron chi connectivity index (χ4n) is 3.31. The zero-order valence-corrected chi connectivity index (χ0v) is 14.2. The van der Waals surface area contributed by atoms with Crippen LogP contribution >= 0.6 is 11.3 Å². The van der Waals surface area contributed by atoms with Crippen LogP contribution in [0.25, 0.3) is 4.96 Å². The molecular weight excluding hydrogens is 296 g/mol. The van der Waals surface area contributed by atoms with E-state index in [1.807, 2.05) is 6.92 Å². The van der Waals surface area contributed by atoms with E-state index in [0.29, 0.717) is 4.96 Å². The summed E-state index contributed by atoms with van der Waals surface area (Å²) in [5, 5.41) is 8.50. The highest BCUT2D eigenvalue weighted by molar-refractivity contribution is 7.20. The van der Waals surface area contributed by atoms with Gasteiger partial charge in [-0.05, 0) is 31.1 Å². The van der Waals surface area contributed by atoms with Crippen LogP contribution in [0.1, 0.15) is 51.6 Å². The van der Waals surface area contributed by atoms with Crippen LogP contribution in [0.15, 0.2) is 10.9 Å². The Morgan fingerprint density at radius 1 is 1.45 bits per heavy atom. The molecule has 3 rings (SSSR count). The third-order valence-electron chi connectivity index (χ3n) is 4.53. The lowest BCUT2D eigenvalue weighted by Crippen LogP contribution is -2.17. The van der Waals surface area contributed by atoms with Crippen molar-refractivity contribution in [1.82, 2.24) is 14.6 Å². The van der Waals surface area contributed by atoms with E-state index in [0.717, 1.165) is 35.6 Å². The molecular formula is C16H24N4OS. The highest BCUT2D eigenvalue weighted by Crippen LogP contribution is 2.30. The van der Waals surface area contributed by atoms with Gasteiger partial charge < -0.3 is 5.32 Å². The number of nitrogens with zero attached hydrogens (tertiary/aromatic N) is 3. The van der Waals surface area contributed by atoms with E-state index < -0.39 is 0 Å². The molecule has 1 aliphatic rings. The number of nitrogens with one attached hydrogen (secondary N) is 1. The monoisotopic (exact) mass is 320 g/mol. The first-order chi connectivity index (χ1) is 10.7. The third-order valence-corrected chi connectivity index (χ3v) is 5.40. The molecule has 2 aromatic heterocycles. The van der Waals surface area contributed by atoms with Gasteiger partial charge in [-0.3, -0.25) is 4.79 Å². The third kappa shape index (κ3) is 3.48. The number of hydrogen-bond donors (Lipinski definition) is 1. The van der Waals surface area contributed by atoms with Gasteiger partial charge in [0.15, 0.2) is 0 Å². The van der Waals surface area contributed by atoms with E-state index in [9.17, 15) is 4.79 Å². The molecule has 0 spiro atoms. The van der Waals surface area contributed by atoms with Crippen LogP contribution in [0.5, 0.6) is 0 Å². The second-order valence-electron chi connectivity index (χ2n) is 6.39. The van der Waals surface area contributed by atoms with E-state index in [-0.39, 0.29) is 5.56 Å². The van der Waals surface area contributed by atoms with Gasteiger partial charge in [0.05, 0.1) is 0 Å². The van der Waals surface area contributed by atoms with Crippen molar-refractivity contribution >= 4 is 21.4 Å². The zero-order valence-electron chi connectivity index (χ0n) is 13.3. The van der Waals surface area contributed by atoms with E-state index in [1.165, 1.54) is 48.0 Å². The lowest BCUT2D eigenvalue weighted by Gasteiger charge is -2.26. The zero-order chi connectivity index (χ0) is 15.5. The average molecular weight is 320 g/mol. The number of aromatic nitrogens is 3. The molecule has 0 aliphatic heterocycles. The Morgan fingerprint density at radius 2 is 2.32 bits per heavy atom. The normalized spacial score (nSPS) is 22.1. The summed E-state index contributed by atoms with van der Waals surface area (Å²) < 4.78 is 1.40. The summed E-state index contributed by atoms with van der Waals surface area (Å²) >= 11 is 1.46. The molecule has 0 radical (unpaired) electrons. The topological polar surface area (TPSA) is 59.3 Å². The largest absolute Gasteiger partial charge is 0.360 e. The quantitative estimate of drug-likeness (QED) is 0.918. The molecule has 0 bridgehead atoms. The second kappa shape index (κ2) is 6.77. The highest BCUT2D eigenvalue weighted by atomic mass is 32.1. The van der Waals surface area contributed by atoms with Crippen molar-refractivity contribution in [2.75, 3.05) is 11.9 Å². The van der Waals surface area contributed by atoms with Gasteiger partial charge in [0.25, 0.3) is 5.56 Å². The van der Waals surface area contributed by atoms with Crippen molar-refractivity contribution in [3.63, 3.8) is 0 Å². The Bertz CT molecular complexity index is 693. The molecule has 5 nitrogen and oxygen atoms in total. The maximum atomic E-state index is 12.0. The van der Waals surface area contributed by atoms with E-state index >= 15 is 0 Å². The van der Waals surface area contributed by atoms with Crippen LogP contribution in [0.4, 0.5) is 5.13 Å². The van der Waals surface area contributed by atoms with Gasteiger partial charge in [-0.25, -0.2) is 4.98 Å². The van der Waals surface area contributed by atoms with Crippen LogP contribution in [0, 0.1) is 11.8 Å². The van der Waals surface area contributed by atoms with Gasteiger partial charge in [0.2, 0.25) is 10.1 Å². The van der Waals surface area contributed by atoms with Gasteiger partial charge in [-0.1, -0.05) is 44.4 Å². The first kappa shape index (κ1) is 15.5. The number of anilines is 1. The van der Waals surface area contributed by atoms with Gasteiger partial charge >= 0.3 is 0 Å². The van der Waals surface area contributed by atoms with Crippen LogP contribution in [0.2, 0.25) is 0 Å². The predicted molar refractivity (Wildman–Crippen MR) is 90.7 cm³/mol. The Balaban J connectivity index is 1.62. The van der Waals surface area contributed by atoms with Gasteiger partial charge in [0.1, 0.15) is 0 Å². The summed E-state index contributed by atoms with van der Waals surface area (Å²) in [6.07, 6.45) is 7.41. The van der Waals surface area contributed by atoms with Crippen molar-refractivity contribution in [1.29, 1.82) is 0 Å². The molecule has 0 amide bonds. The van der Waals surface area contributed by atoms with Crippen molar-refractivity contribution in [2.45, 2.75) is 52.4 Å². The maximum Gasteiger partial charge on any atom is 0.275 e. The minimum atomic E-state index is -0.0905. The number of rotatable bonds is 5. The molecule has 1 N–H and O–H groups in total. The van der Waals surface area contributed by atoms with E-state index in [2.05, 4.69) is 22.3 Å². The first-order valence-corrected chi connectivity index (χ1v) is 9.11. The number of fused-ring (bicyclic) bond motifs is 1. The Morgan fingerprint density at radius 3 is 3.09 bits per heavy atom. The Kier molecular flexibility index (Phi) is 4.76. The predicted octanol–water partition coefficient (Wildman–Crippen LogP) is 3.34. The summed E-state index contributed by atoms with van der Waals surface area (Å²) in [4.78, 5) is 17.1. The summed E-state index contributed by atoms with van der Waals surface area (Å²) in [7, 11) is 0. The van der Waals surface area contributed by atoms with Crippen molar-refractivity contribution in [3.8, 4) is 0 Å². The van der Waals surface area contributed by atoms with Crippen LogP contribution in [0.3, 0.4) is 0 Å². The van der Waals surface area contributed by atoms with Crippen molar-refractivity contribution in [3.05, 3.63) is 22.1 Å². The molecule has 2 atom stereocenters. The minimum Gasteiger partial charge on any atom is -0.360 e. The SMILES string of the molecule is CCc1cc(=O)n2nc(NCCC3CCCC(C)C3)sc2n1. The Labute approximate surface area is 134 Å². The number of hydrogen-bond acceptors (Lipinski definition) is 5. The van der Waals surface area contributed by atoms with Crippen molar-refractivity contribution in [2.24, 2.45) is 11.8 Å². The van der Waals surface area contributed by atoms with E-state index in [4.69, 9.17) is 0 Å². The minimum absolute atomic E-state index is 0.0905. The lowest BCUT2D eigenvalue weighted by atomic mass is 9.81. The summed E-state index contributed by atoms with van der Waals surface area (Å²) in [6.45, 7) is 5.28. The average Bonchev–Trinajstić information content (AvgIpc) is 2.90. The molecule has 6 heteroatoms. The molecule has 0 saturated heterocycles. The van der Waals surface area contributed by atoms with Crippen LogP contribution in [-0.2, 0) is 6.42 Å². The van der Waals surface area contributed by atoms with Gasteiger partial charge in [-0.15, -0.1) is 5.10 Å². The fraction of sp³-hybridized carbons (Fsp3) is 0.688.